The lowest BCUT2D eigenvalue weighted by Gasteiger charge is -2.17. The minimum absolute atomic E-state index is 0.0247. The minimum Gasteiger partial charge on any atom is -0.480 e. The molecule has 1 heterocycles. The molecule has 0 unspecified atom stereocenters. The van der Waals surface area contributed by atoms with Gasteiger partial charge >= 0.3 is 5.97 Å². The molecular weight excluding hydrogens is 567 g/mol. The topological polar surface area (TPSA) is 79.5 Å². The van der Waals surface area contributed by atoms with E-state index >= 15 is 0 Å². The standard InChI is InChI=1S/C26H22F2IN3O3/c1-26(27,28)21-6-4-3-5-19(21)20-12-11-18(13-22(20)29)25-30-24(31-35-25)17-9-7-16(8-10-17)14-32(2)15-23(33)34/h3-13H,14-15H2,1-2H3,(H,33,34). The van der Waals surface area contributed by atoms with Crippen molar-refractivity contribution < 1.29 is 23.2 Å². The highest BCUT2D eigenvalue weighted by atomic mass is 127. The van der Waals surface area contributed by atoms with E-state index in [4.69, 9.17) is 9.63 Å². The lowest BCUT2D eigenvalue weighted by molar-refractivity contribution is -0.138. The van der Waals surface area contributed by atoms with Crippen LogP contribution in [0.5, 0.6) is 0 Å². The number of alkyl halides is 2. The maximum absolute atomic E-state index is 14.1. The first kappa shape index (κ1) is 24.9. The highest BCUT2D eigenvalue weighted by Gasteiger charge is 2.28. The number of hydrogen-bond acceptors (Lipinski definition) is 5. The van der Waals surface area contributed by atoms with Gasteiger partial charge in [0.05, 0.1) is 6.54 Å². The highest BCUT2D eigenvalue weighted by molar-refractivity contribution is 14.1. The van der Waals surface area contributed by atoms with Crippen LogP contribution in [0.15, 0.2) is 71.3 Å². The molecule has 0 aliphatic heterocycles. The Bertz CT molecular complexity index is 1350. The van der Waals surface area contributed by atoms with Gasteiger partial charge < -0.3 is 9.63 Å². The number of carboxylic acid groups (broad SMARTS) is 1. The number of rotatable bonds is 8. The number of benzene rings is 3. The Labute approximate surface area is 214 Å². The van der Waals surface area contributed by atoms with Gasteiger partial charge in [-0.25, -0.2) is 8.78 Å². The molecule has 3 aromatic carbocycles. The first-order chi connectivity index (χ1) is 16.6. The third-order valence-electron chi connectivity index (χ3n) is 5.40. The van der Waals surface area contributed by atoms with Gasteiger partial charge in [0, 0.05) is 33.7 Å². The molecule has 0 saturated carbocycles. The van der Waals surface area contributed by atoms with Gasteiger partial charge in [-0.2, -0.15) is 4.98 Å². The summed E-state index contributed by atoms with van der Waals surface area (Å²) in [5.41, 5.74) is 3.57. The monoisotopic (exact) mass is 589 g/mol. The summed E-state index contributed by atoms with van der Waals surface area (Å²) in [5, 5.41) is 13.0. The van der Waals surface area contributed by atoms with Gasteiger partial charge in [-0.05, 0) is 58.5 Å². The van der Waals surface area contributed by atoms with E-state index in [0.717, 1.165) is 21.6 Å². The molecule has 180 valence electrons. The average molecular weight is 589 g/mol. The van der Waals surface area contributed by atoms with Crippen molar-refractivity contribution in [3.05, 3.63) is 81.4 Å². The van der Waals surface area contributed by atoms with Crippen molar-refractivity contribution in [3.63, 3.8) is 0 Å². The number of carbonyl (C=O) groups is 1. The molecule has 0 atom stereocenters. The fourth-order valence-corrected chi connectivity index (χ4v) is 4.59. The van der Waals surface area contributed by atoms with E-state index < -0.39 is 11.9 Å². The van der Waals surface area contributed by atoms with Crippen LogP contribution in [0.2, 0.25) is 0 Å². The normalized spacial score (nSPS) is 11.7. The largest absolute Gasteiger partial charge is 0.480 e. The number of nitrogens with zero attached hydrogens (tertiary/aromatic N) is 3. The van der Waals surface area contributed by atoms with Gasteiger partial charge in [0.2, 0.25) is 5.82 Å². The molecule has 0 aliphatic rings. The van der Waals surface area contributed by atoms with Crippen LogP contribution in [0.1, 0.15) is 18.1 Å². The molecular formula is C26H22F2IN3O3. The molecule has 0 amide bonds. The van der Waals surface area contributed by atoms with Crippen molar-refractivity contribution in [2.45, 2.75) is 19.4 Å². The van der Waals surface area contributed by atoms with Crippen molar-refractivity contribution in [2.75, 3.05) is 13.6 Å². The van der Waals surface area contributed by atoms with Crippen LogP contribution in [0.25, 0.3) is 34.0 Å². The summed E-state index contributed by atoms with van der Waals surface area (Å²) in [5.74, 6) is -3.09. The Morgan fingerprint density at radius 3 is 2.40 bits per heavy atom. The van der Waals surface area contributed by atoms with E-state index in [1.165, 1.54) is 6.07 Å². The molecule has 0 fully saturated rings. The van der Waals surface area contributed by atoms with Crippen molar-refractivity contribution >= 4 is 28.6 Å². The van der Waals surface area contributed by atoms with Gasteiger partial charge in [-0.15, -0.1) is 0 Å². The van der Waals surface area contributed by atoms with Crippen molar-refractivity contribution in [3.8, 4) is 34.0 Å². The van der Waals surface area contributed by atoms with Crippen LogP contribution in [0.4, 0.5) is 8.78 Å². The molecule has 1 aromatic heterocycles. The Hall–Kier alpha value is -3.18. The number of likely N-dealkylation sites (N-methyl/N-ethyl adjacent to an activating group) is 1. The fraction of sp³-hybridized carbons (Fsp3) is 0.192. The summed E-state index contributed by atoms with van der Waals surface area (Å²) in [4.78, 5) is 17.0. The number of carboxylic acids is 1. The van der Waals surface area contributed by atoms with Gasteiger partial charge in [0.25, 0.3) is 11.8 Å². The lowest BCUT2D eigenvalue weighted by Crippen LogP contribution is -2.25. The van der Waals surface area contributed by atoms with Gasteiger partial charge in [-0.3, -0.25) is 9.69 Å². The third-order valence-corrected chi connectivity index (χ3v) is 6.29. The first-order valence-corrected chi connectivity index (χ1v) is 11.8. The average Bonchev–Trinajstić information content (AvgIpc) is 3.29. The molecule has 0 spiro atoms. The van der Waals surface area contributed by atoms with E-state index in [9.17, 15) is 13.6 Å². The second kappa shape index (κ2) is 10.2. The molecule has 1 N–H and O–H groups in total. The minimum atomic E-state index is -2.96. The molecule has 4 aromatic rings. The van der Waals surface area contributed by atoms with Crippen LogP contribution in [0, 0.1) is 3.57 Å². The first-order valence-electron chi connectivity index (χ1n) is 10.7. The van der Waals surface area contributed by atoms with Gasteiger partial charge in [-0.1, -0.05) is 59.8 Å². The molecule has 0 saturated heterocycles. The summed E-state index contributed by atoms with van der Waals surface area (Å²) in [6, 6.07) is 19.4. The summed E-state index contributed by atoms with van der Waals surface area (Å²) >= 11 is 2.12. The quantitative estimate of drug-likeness (QED) is 0.243. The maximum Gasteiger partial charge on any atom is 0.317 e. The van der Waals surface area contributed by atoms with Crippen LogP contribution in [-0.4, -0.2) is 39.7 Å². The maximum atomic E-state index is 14.1. The van der Waals surface area contributed by atoms with E-state index in [1.54, 1.807) is 42.3 Å². The van der Waals surface area contributed by atoms with E-state index in [-0.39, 0.29) is 12.1 Å². The molecule has 0 aliphatic carbocycles. The van der Waals surface area contributed by atoms with E-state index in [2.05, 4.69) is 32.7 Å². The lowest BCUT2D eigenvalue weighted by atomic mass is 9.95. The zero-order valence-corrected chi connectivity index (χ0v) is 21.2. The third kappa shape index (κ3) is 5.91. The van der Waals surface area contributed by atoms with E-state index in [0.29, 0.717) is 35.0 Å². The molecule has 0 bridgehead atoms. The molecule has 9 heteroatoms. The van der Waals surface area contributed by atoms with Gasteiger partial charge in [0.15, 0.2) is 0 Å². The zero-order valence-electron chi connectivity index (χ0n) is 19.0. The Morgan fingerprint density at radius 1 is 1.06 bits per heavy atom. The number of aliphatic carboxylic acids is 1. The van der Waals surface area contributed by atoms with Crippen LogP contribution >= 0.6 is 22.6 Å². The number of halogens is 3. The Kier molecular flexibility index (Phi) is 7.27. The van der Waals surface area contributed by atoms with Crippen molar-refractivity contribution in [1.29, 1.82) is 0 Å². The molecule has 0 radical (unpaired) electrons. The number of aromatic nitrogens is 2. The molecule has 35 heavy (non-hydrogen) atoms. The van der Waals surface area contributed by atoms with Gasteiger partial charge in [0.1, 0.15) is 0 Å². The molecule has 4 rings (SSSR count). The second-order valence-electron chi connectivity index (χ2n) is 8.31. The van der Waals surface area contributed by atoms with Crippen molar-refractivity contribution in [2.24, 2.45) is 0 Å². The summed E-state index contributed by atoms with van der Waals surface area (Å²) in [7, 11) is 1.74. The highest BCUT2D eigenvalue weighted by Crippen LogP contribution is 2.38. The predicted molar refractivity (Wildman–Crippen MR) is 137 cm³/mol. The Morgan fingerprint density at radius 2 is 1.74 bits per heavy atom. The predicted octanol–water partition coefficient (Wildman–Crippen LogP) is 6.30. The summed E-state index contributed by atoms with van der Waals surface area (Å²) < 4.78 is 34.5. The second-order valence-corrected chi connectivity index (χ2v) is 9.48. The Balaban J connectivity index is 1.55. The molecule has 6 nitrogen and oxygen atoms in total. The summed E-state index contributed by atoms with van der Waals surface area (Å²) in [6.45, 7) is 1.36. The van der Waals surface area contributed by atoms with Crippen LogP contribution in [-0.2, 0) is 17.3 Å². The number of hydrogen-bond donors (Lipinski definition) is 1. The van der Waals surface area contributed by atoms with E-state index in [1.807, 2.05) is 30.3 Å². The SMILES string of the molecule is CN(CC(=O)O)Cc1ccc(-c2noc(-c3ccc(-c4ccccc4C(C)(F)F)c(I)c3)n2)cc1. The van der Waals surface area contributed by atoms with Crippen LogP contribution in [0.3, 0.4) is 0 Å². The van der Waals surface area contributed by atoms with Crippen molar-refractivity contribution in [1.82, 2.24) is 15.0 Å². The zero-order chi connectivity index (χ0) is 25.2. The smallest absolute Gasteiger partial charge is 0.317 e. The summed E-state index contributed by atoms with van der Waals surface area (Å²) in [6.07, 6.45) is 0. The fourth-order valence-electron chi connectivity index (χ4n) is 3.78. The van der Waals surface area contributed by atoms with Crippen LogP contribution < -0.4 is 0 Å².